The molecule has 0 atom stereocenters. The highest BCUT2D eigenvalue weighted by atomic mass is 32.2. The molecule has 2 rings (SSSR count). The van der Waals surface area contributed by atoms with Crippen molar-refractivity contribution in [1.29, 1.82) is 0 Å². The first kappa shape index (κ1) is 14.0. The molecule has 1 aromatic carbocycles. The highest BCUT2D eigenvalue weighted by Gasteiger charge is 2.25. The Balaban J connectivity index is 2.01. The van der Waals surface area contributed by atoms with Crippen LogP contribution in [0.1, 0.15) is 18.1 Å². The van der Waals surface area contributed by atoms with E-state index in [1.54, 1.807) is 0 Å². The number of nitrogens with zero attached hydrogens (tertiary/aromatic N) is 1. The summed E-state index contributed by atoms with van der Waals surface area (Å²) in [5.41, 5.74) is 2.28. The summed E-state index contributed by atoms with van der Waals surface area (Å²) in [5.74, 6) is -0.256. The fourth-order valence-electron chi connectivity index (χ4n) is 2.19. The highest BCUT2D eigenvalue weighted by Crippen LogP contribution is 2.20. The number of carbonyl (C=O) groups is 1. The molecule has 104 valence electrons. The molecule has 0 unspecified atom stereocenters. The maximum Gasteiger partial charge on any atom is 0.216 e. The average Bonchev–Trinajstić information content (AvgIpc) is 2.37. The predicted molar refractivity (Wildman–Crippen MR) is 73.0 cm³/mol. The van der Waals surface area contributed by atoms with Crippen LogP contribution in [0, 0.1) is 0 Å². The van der Waals surface area contributed by atoms with Crippen molar-refractivity contribution in [2.45, 2.75) is 19.9 Å². The minimum atomic E-state index is -3.30. The topological polar surface area (TPSA) is 66.5 Å². The number of nitrogens with one attached hydrogen (secondary N) is 1. The largest absolute Gasteiger partial charge is 0.355 e. The van der Waals surface area contributed by atoms with Crippen LogP contribution in [0.15, 0.2) is 24.3 Å². The van der Waals surface area contributed by atoms with Crippen LogP contribution in [0.5, 0.6) is 0 Å². The van der Waals surface area contributed by atoms with Gasteiger partial charge in [0, 0.05) is 26.6 Å². The second-order valence-electron chi connectivity index (χ2n) is 4.65. The van der Waals surface area contributed by atoms with E-state index in [2.05, 4.69) is 5.32 Å². The predicted octanol–water partition coefficient (Wildman–Crippen LogP) is 0.511. The van der Waals surface area contributed by atoms with Gasteiger partial charge in [0.15, 0.2) is 0 Å². The van der Waals surface area contributed by atoms with Crippen LogP contribution in [-0.4, -0.2) is 37.5 Å². The molecule has 1 aromatic rings. The van der Waals surface area contributed by atoms with Crippen LogP contribution >= 0.6 is 0 Å². The minimum absolute atomic E-state index is 0.0469. The van der Waals surface area contributed by atoms with Crippen molar-refractivity contribution in [2.75, 3.05) is 18.8 Å². The van der Waals surface area contributed by atoms with Gasteiger partial charge in [-0.2, -0.15) is 4.31 Å². The molecule has 5 nitrogen and oxygen atoms in total. The van der Waals surface area contributed by atoms with Crippen molar-refractivity contribution < 1.29 is 13.2 Å². The SMILES string of the molecule is CC(=O)NCCS(=O)(=O)N1CCc2ccccc2C1. The molecule has 19 heavy (non-hydrogen) atoms. The molecule has 6 heteroatoms. The number of carbonyl (C=O) groups excluding carboxylic acids is 1. The molecule has 1 N–H and O–H groups in total. The van der Waals surface area contributed by atoms with E-state index in [9.17, 15) is 13.2 Å². The zero-order chi connectivity index (χ0) is 13.9. The summed E-state index contributed by atoms with van der Waals surface area (Å²) in [7, 11) is -3.30. The van der Waals surface area contributed by atoms with E-state index in [1.807, 2.05) is 24.3 Å². The van der Waals surface area contributed by atoms with E-state index in [4.69, 9.17) is 0 Å². The third kappa shape index (κ3) is 3.54. The molecular formula is C13H18N2O3S. The first-order valence-electron chi connectivity index (χ1n) is 6.28. The van der Waals surface area contributed by atoms with Crippen LogP contribution in [0.2, 0.25) is 0 Å². The number of rotatable bonds is 4. The van der Waals surface area contributed by atoms with Crippen molar-refractivity contribution in [3.8, 4) is 0 Å². The molecule has 1 amide bonds. The Morgan fingerprint density at radius 2 is 2.00 bits per heavy atom. The number of fused-ring (bicyclic) bond motifs is 1. The molecule has 0 spiro atoms. The number of sulfonamides is 1. The summed E-state index contributed by atoms with van der Waals surface area (Å²) in [6, 6.07) is 7.90. The first-order chi connectivity index (χ1) is 8.99. The fraction of sp³-hybridized carbons (Fsp3) is 0.462. The monoisotopic (exact) mass is 282 g/mol. The maximum absolute atomic E-state index is 12.2. The normalized spacial score (nSPS) is 15.8. The smallest absolute Gasteiger partial charge is 0.216 e. The van der Waals surface area contributed by atoms with Crippen molar-refractivity contribution in [3.05, 3.63) is 35.4 Å². The van der Waals surface area contributed by atoms with E-state index >= 15 is 0 Å². The first-order valence-corrected chi connectivity index (χ1v) is 7.89. The minimum Gasteiger partial charge on any atom is -0.355 e. The van der Waals surface area contributed by atoms with Crippen LogP contribution in [0.3, 0.4) is 0 Å². The standard InChI is InChI=1S/C13H18N2O3S/c1-11(16)14-7-9-19(17,18)15-8-6-12-4-2-3-5-13(12)10-15/h2-5H,6-10H2,1H3,(H,14,16). The Labute approximate surface area is 113 Å². The van der Waals surface area contributed by atoms with Gasteiger partial charge in [-0.3, -0.25) is 4.79 Å². The van der Waals surface area contributed by atoms with Gasteiger partial charge in [0.25, 0.3) is 0 Å². The molecule has 1 aliphatic heterocycles. The molecule has 0 bridgehead atoms. The Morgan fingerprint density at radius 1 is 1.32 bits per heavy atom. The Bertz CT molecular complexity index is 569. The highest BCUT2D eigenvalue weighted by molar-refractivity contribution is 7.89. The lowest BCUT2D eigenvalue weighted by Gasteiger charge is -2.28. The van der Waals surface area contributed by atoms with E-state index in [0.717, 1.165) is 12.0 Å². The second kappa shape index (κ2) is 5.71. The molecular weight excluding hydrogens is 264 g/mol. The van der Waals surface area contributed by atoms with E-state index in [-0.39, 0.29) is 18.2 Å². The molecule has 0 aliphatic carbocycles. The lowest BCUT2D eigenvalue weighted by atomic mass is 10.0. The van der Waals surface area contributed by atoms with E-state index < -0.39 is 10.0 Å². The lowest BCUT2D eigenvalue weighted by Crippen LogP contribution is -2.40. The third-order valence-corrected chi connectivity index (χ3v) is 5.04. The average molecular weight is 282 g/mol. The van der Waals surface area contributed by atoms with Crippen LogP contribution < -0.4 is 5.32 Å². The van der Waals surface area contributed by atoms with Crippen molar-refractivity contribution in [2.24, 2.45) is 0 Å². The Morgan fingerprint density at radius 3 is 2.68 bits per heavy atom. The number of amides is 1. The fourth-order valence-corrected chi connectivity index (χ4v) is 3.52. The molecule has 0 saturated heterocycles. The summed E-state index contributed by atoms with van der Waals surface area (Å²) in [5, 5.41) is 2.52. The van der Waals surface area contributed by atoms with Gasteiger partial charge in [0.1, 0.15) is 0 Å². The molecule has 0 fully saturated rings. The van der Waals surface area contributed by atoms with Gasteiger partial charge in [-0.15, -0.1) is 0 Å². The molecule has 0 aromatic heterocycles. The van der Waals surface area contributed by atoms with Crippen LogP contribution in [-0.2, 0) is 27.8 Å². The molecule has 1 heterocycles. The zero-order valence-electron chi connectivity index (χ0n) is 10.9. The number of hydrogen-bond donors (Lipinski definition) is 1. The van der Waals surface area contributed by atoms with Gasteiger partial charge in [-0.1, -0.05) is 24.3 Å². The molecule has 0 radical (unpaired) electrons. The summed E-state index contributed by atoms with van der Waals surface area (Å²) in [6.45, 7) is 2.48. The zero-order valence-corrected chi connectivity index (χ0v) is 11.7. The lowest BCUT2D eigenvalue weighted by molar-refractivity contribution is -0.118. The molecule has 1 aliphatic rings. The van der Waals surface area contributed by atoms with Gasteiger partial charge in [-0.25, -0.2) is 8.42 Å². The maximum atomic E-state index is 12.2. The summed E-state index contributed by atoms with van der Waals surface area (Å²) in [4.78, 5) is 10.7. The van der Waals surface area contributed by atoms with Gasteiger partial charge >= 0.3 is 0 Å². The number of hydrogen-bond acceptors (Lipinski definition) is 3. The Kier molecular flexibility index (Phi) is 4.21. The van der Waals surface area contributed by atoms with E-state index in [0.29, 0.717) is 13.1 Å². The van der Waals surface area contributed by atoms with E-state index in [1.165, 1.54) is 16.8 Å². The second-order valence-corrected chi connectivity index (χ2v) is 6.74. The third-order valence-electron chi connectivity index (χ3n) is 3.22. The van der Waals surface area contributed by atoms with Crippen molar-refractivity contribution in [3.63, 3.8) is 0 Å². The Hall–Kier alpha value is -1.40. The van der Waals surface area contributed by atoms with Gasteiger partial charge in [-0.05, 0) is 17.5 Å². The van der Waals surface area contributed by atoms with Gasteiger partial charge < -0.3 is 5.32 Å². The summed E-state index contributed by atoms with van der Waals surface area (Å²) >= 11 is 0. The van der Waals surface area contributed by atoms with Gasteiger partial charge in [0.05, 0.1) is 5.75 Å². The van der Waals surface area contributed by atoms with Crippen LogP contribution in [0.4, 0.5) is 0 Å². The quantitative estimate of drug-likeness (QED) is 0.875. The summed E-state index contributed by atoms with van der Waals surface area (Å²) < 4.78 is 25.8. The summed E-state index contributed by atoms with van der Waals surface area (Å²) in [6.07, 6.45) is 0.746. The van der Waals surface area contributed by atoms with Crippen molar-refractivity contribution in [1.82, 2.24) is 9.62 Å². The van der Waals surface area contributed by atoms with Crippen molar-refractivity contribution >= 4 is 15.9 Å². The van der Waals surface area contributed by atoms with Gasteiger partial charge in [0.2, 0.25) is 15.9 Å². The number of benzene rings is 1. The molecule has 0 saturated carbocycles. The van der Waals surface area contributed by atoms with Crippen LogP contribution in [0.25, 0.3) is 0 Å².